The van der Waals surface area contributed by atoms with E-state index >= 15 is 0 Å². The number of nitrogens with zero attached hydrogens (tertiary/aromatic N) is 5. The molecule has 0 saturated heterocycles. The number of rotatable bonds is 10. The molecule has 5 heteroatoms. The number of benzene rings is 2. The van der Waals surface area contributed by atoms with Gasteiger partial charge in [0.2, 0.25) is 0 Å². The van der Waals surface area contributed by atoms with E-state index in [4.69, 9.17) is 24.9 Å². The van der Waals surface area contributed by atoms with Crippen LogP contribution in [-0.2, 0) is 0 Å². The molecule has 3 aromatic heterocycles. The molecule has 5 aromatic rings. The molecule has 0 aliphatic carbocycles. The third-order valence-corrected chi connectivity index (χ3v) is 8.15. The summed E-state index contributed by atoms with van der Waals surface area (Å²) in [4.78, 5) is 24.7. The Hall–Kier alpha value is -4.77. The lowest BCUT2D eigenvalue weighted by Crippen LogP contribution is -1.98. The molecule has 5 rings (SSSR count). The molecule has 2 aromatic carbocycles. The van der Waals surface area contributed by atoms with Crippen LogP contribution in [0.1, 0.15) is 113 Å². The minimum Gasteiger partial charge on any atom is -0.254 e. The first-order chi connectivity index (χ1) is 22.1. The SMILES string of the molecule is CC(C)c1cccc(C(C)C)c1N=Cc1cccc(-c2cccc(-c3cccc(C=Nc4c(C(C)C)cccc4C(C)C)n3)n2)n1. The van der Waals surface area contributed by atoms with E-state index in [1.807, 2.05) is 67.0 Å². The Morgan fingerprint density at radius 1 is 0.391 bits per heavy atom. The van der Waals surface area contributed by atoms with Crippen molar-refractivity contribution in [3.63, 3.8) is 0 Å². The standard InChI is InChI=1S/C41H45N5/c1-26(2)32-16-11-17-33(27(3)4)40(32)42-24-30-14-9-20-36(44-30)38-22-13-23-39(46-38)37-21-10-15-31(45-37)25-43-41-34(28(5)6)18-12-19-35(41)29(7)8/h9-29H,1-8H3. The maximum atomic E-state index is 4.97. The van der Waals surface area contributed by atoms with E-state index in [0.717, 1.165) is 45.5 Å². The van der Waals surface area contributed by atoms with Crippen molar-refractivity contribution in [2.24, 2.45) is 9.98 Å². The molecule has 0 fully saturated rings. The number of hydrogen-bond donors (Lipinski definition) is 0. The van der Waals surface area contributed by atoms with Gasteiger partial charge in [0.25, 0.3) is 0 Å². The van der Waals surface area contributed by atoms with Gasteiger partial charge in [-0.15, -0.1) is 0 Å². The Kier molecular flexibility index (Phi) is 10.3. The van der Waals surface area contributed by atoms with Gasteiger partial charge in [0, 0.05) is 0 Å². The van der Waals surface area contributed by atoms with Crippen LogP contribution in [-0.4, -0.2) is 27.4 Å². The monoisotopic (exact) mass is 607 g/mol. The van der Waals surface area contributed by atoms with Crippen LogP contribution in [0.25, 0.3) is 22.8 Å². The van der Waals surface area contributed by atoms with Crippen molar-refractivity contribution in [3.8, 4) is 22.8 Å². The van der Waals surface area contributed by atoms with Gasteiger partial charge in [-0.2, -0.15) is 0 Å². The predicted molar refractivity (Wildman–Crippen MR) is 194 cm³/mol. The Morgan fingerprint density at radius 2 is 0.674 bits per heavy atom. The highest BCUT2D eigenvalue weighted by atomic mass is 14.8. The Balaban J connectivity index is 1.43. The quantitative estimate of drug-likeness (QED) is 0.148. The molecule has 3 heterocycles. The summed E-state index contributed by atoms with van der Waals surface area (Å²) in [6.07, 6.45) is 3.74. The van der Waals surface area contributed by atoms with E-state index in [-0.39, 0.29) is 0 Å². The fourth-order valence-corrected chi connectivity index (χ4v) is 5.64. The van der Waals surface area contributed by atoms with Crippen LogP contribution < -0.4 is 0 Å². The topological polar surface area (TPSA) is 63.4 Å². The van der Waals surface area contributed by atoms with Gasteiger partial charge in [0.05, 0.1) is 58.0 Å². The number of aromatic nitrogens is 3. The van der Waals surface area contributed by atoms with Gasteiger partial charge in [-0.3, -0.25) is 9.98 Å². The predicted octanol–water partition coefficient (Wildman–Crippen LogP) is 11.2. The fourth-order valence-electron chi connectivity index (χ4n) is 5.64. The third-order valence-electron chi connectivity index (χ3n) is 8.15. The third kappa shape index (κ3) is 7.54. The highest BCUT2D eigenvalue weighted by Crippen LogP contribution is 2.36. The summed E-state index contributed by atoms with van der Waals surface area (Å²) < 4.78 is 0. The zero-order valence-electron chi connectivity index (χ0n) is 28.4. The van der Waals surface area contributed by atoms with Gasteiger partial charge in [-0.1, -0.05) is 110 Å². The van der Waals surface area contributed by atoms with E-state index in [9.17, 15) is 0 Å². The largest absolute Gasteiger partial charge is 0.254 e. The minimum atomic E-state index is 0.379. The Morgan fingerprint density at radius 3 is 1.00 bits per heavy atom. The van der Waals surface area contributed by atoms with E-state index in [2.05, 4.69) is 91.8 Å². The van der Waals surface area contributed by atoms with E-state index in [1.165, 1.54) is 22.3 Å². The molecule has 0 saturated carbocycles. The van der Waals surface area contributed by atoms with Crippen LogP contribution >= 0.6 is 0 Å². The van der Waals surface area contributed by atoms with Crippen molar-refractivity contribution in [2.45, 2.75) is 79.1 Å². The normalized spacial score (nSPS) is 12.1. The summed E-state index contributed by atoms with van der Waals surface area (Å²) in [7, 11) is 0. The van der Waals surface area contributed by atoms with E-state index in [0.29, 0.717) is 23.7 Å². The van der Waals surface area contributed by atoms with Crippen LogP contribution in [0.5, 0.6) is 0 Å². The van der Waals surface area contributed by atoms with Gasteiger partial charge in [0.15, 0.2) is 0 Å². The molecular formula is C41H45N5. The van der Waals surface area contributed by atoms with Crippen molar-refractivity contribution in [1.29, 1.82) is 0 Å². The van der Waals surface area contributed by atoms with Crippen molar-refractivity contribution in [1.82, 2.24) is 15.0 Å². The van der Waals surface area contributed by atoms with Crippen molar-refractivity contribution in [2.75, 3.05) is 0 Å². The lowest BCUT2D eigenvalue weighted by Gasteiger charge is -2.16. The summed E-state index contributed by atoms with van der Waals surface area (Å²) in [5.41, 5.74) is 11.8. The molecular weight excluding hydrogens is 562 g/mol. The zero-order chi connectivity index (χ0) is 32.8. The van der Waals surface area contributed by atoms with Crippen LogP contribution in [0.15, 0.2) is 101 Å². The van der Waals surface area contributed by atoms with Gasteiger partial charge in [-0.05, 0) is 82.3 Å². The summed E-state index contributed by atoms with van der Waals surface area (Å²) in [5, 5.41) is 0. The number of para-hydroxylation sites is 2. The maximum Gasteiger partial charge on any atom is 0.0894 e. The lowest BCUT2D eigenvalue weighted by molar-refractivity contribution is 0.834. The molecule has 234 valence electrons. The lowest BCUT2D eigenvalue weighted by atomic mass is 9.93. The molecule has 0 N–H and O–H groups in total. The fraction of sp³-hybridized carbons (Fsp3) is 0.293. The average Bonchev–Trinajstić information content (AvgIpc) is 3.06. The van der Waals surface area contributed by atoms with E-state index in [1.54, 1.807) is 0 Å². The molecule has 5 nitrogen and oxygen atoms in total. The van der Waals surface area contributed by atoms with Crippen molar-refractivity contribution >= 4 is 23.8 Å². The van der Waals surface area contributed by atoms with Crippen LogP contribution in [0.3, 0.4) is 0 Å². The van der Waals surface area contributed by atoms with Gasteiger partial charge in [0.1, 0.15) is 0 Å². The van der Waals surface area contributed by atoms with E-state index < -0.39 is 0 Å². The number of pyridine rings is 3. The second-order valence-corrected chi connectivity index (χ2v) is 13.0. The maximum absolute atomic E-state index is 4.97. The van der Waals surface area contributed by atoms with Gasteiger partial charge in [-0.25, -0.2) is 15.0 Å². The number of hydrogen-bond acceptors (Lipinski definition) is 5. The molecule has 0 aliphatic heterocycles. The highest BCUT2D eigenvalue weighted by molar-refractivity contribution is 5.83. The Bertz CT molecular complexity index is 1680. The molecule has 0 unspecified atom stereocenters. The summed E-state index contributed by atoms with van der Waals surface area (Å²) in [5.74, 6) is 1.51. The molecule has 0 spiro atoms. The first-order valence-electron chi connectivity index (χ1n) is 16.4. The molecule has 46 heavy (non-hydrogen) atoms. The number of aliphatic imine (C=N–C) groups is 2. The van der Waals surface area contributed by atoms with Crippen LogP contribution in [0, 0.1) is 0 Å². The Labute approximate surface area is 274 Å². The molecule has 0 amide bonds. The molecule has 0 aliphatic rings. The summed E-state index contributed by atoms with van der Waals surface area (Å²) in [6, 6.07) is 30.9. The molecule has 0 radical (unpaired) electrons. The van der Waals surface area contributed by atoms with Crippen LogP contribution in [0.2, 0.25) is 0 Å². The second kappa shape index (κ2) is 14.6. The van der Waals surface area contributed by atoms with Crippen LogP contribution in [0.4, 0.5) is 11.4 Å². The molecule has 0 atom stereocenters. The van der Waals surface area contributed by atoms with Gasteiger partial charge < -0.3 is 0 Å². The smallest absolute Gasteiger partial charge is 0.0894 e. The first-order valence-corrected chi connectivity index (χ1v) is 16.4. The summed E-state index contributed by atoms with van der Waals surface area (Å²) >= 11 is 0. The zero-order valence-corrected chi connectivity index (χ0v) is 28.4. The van der Waals surface area contributed by atoms with Crippen molar-refractivity contribution < 1.29 is 0 Å². The highest BCUT2D eigenvalue weighted by Gasteiger charge is 2.14. The van der Waals surface area contributed by atoms with Gasteiger partial charge >= 0.3 is 0 Å². The molecule has 0 bridgehead atoms. The minimum absolute atomic E-state index is 0.379. The summed E-state index contributed by atoms with van der Waals surface area (Å²) in [6.45, 7) is 17.7. The first kappa shape index (κ1) is 32.6. The van der Waals surface area contributed by atoms with Crippen molar-refractivity contribution in [3.05, 3.63) is 125 Å². The average molecular weight is 608 g/mol. The second-order valence-electron chi connectivity index (χ2n) is 13.0.